The van der Waals surface area contributed by atoms with Gasteiger partial charge < -0.3 is 10.1 Å². The number of anilines is 1. The molecule has 0 spiro atoms. The lowest BCUT2D eigenvalue weighted by atomic mass is 10.0. The summed E-state index contributed by atoms with van der Waals surface area (Å²) in [4.78, 5) is 8.34. The van der Waals surface area contributed by atoms with Gasteiger partial charge in [0.15, 0.2) is 5.75 Å². The van der Waals surface area contributed by atoms with Crippen molar-refractivity contribution < 1.29 is 4.74 Å². The molecule has 1 aromatic heterocycles. The Labute approximate surface area is 89.4 Å². The van der Waals surface area contributed by atoms with E-state index < -0.39 is 0 Å². The van der Waals surface area contributed by atoms with Crippen LogP contribution in [-0.2, 0) is 0 Å². The number of hydrogen-bond donors (Lipinski definition) is 1. The average molecular weight is 205 g/mol. The second-order valence-corrected chi connectivity index (χ2v) is 3.57. The van der Waals surface area contributed by atoms with Crippen molar-refractivity contribution in [2.24, 2.45) is 0 Å². The van der Waals surface area contributed by atoms with Gasteiger partial charge in [-0.2, -0.15) is 0 Å². The summed E-state index contributed by atoms with van der Waals surface area (Å²) in [6.45, 7) is 0. The van der Waals surface area contributed by atoms with Crippen molar-refractivity contribution in [3.63, 3.8) is 0 Å². The zero-order chi connectivity index (χ0) is 10.5. The van der Waals surface area contributed by atoms with E-state index in [1.54, 1.807) is 19.5 Å². The molecule has 0 aliphatic heterocycles. The molecule has 1 heterocycles. The third-order valence-electron chi connectivity index (χ3n) is 2.47. The molecular formula is C11H15N3O. The second kappa shape index (κ2) is 4.77. The summed E-state index contributed by atoms with van der Waals surface area (Å²) >= 11 is 0. The maximum Gasteiger partial charge on any atom is 0.223 e. The monoisotopic (exact) mass is 205 g/mol. The molecule has 1 N–H and O–H groups in total. The Hall–Kier alpha value is -1.58. The van der Waals surface area contributed by atoms with Crippen molar-refractivity contribution in [2.45, 2.75) is 25.3 Å². The van der Waals surface area contributed by atoms with E-state index >= 15 is 0 Å². The zero-order valence-electron chi connectivity index (χ0n) is 8.81. The third kappa shape index (κ3) is 2.68. The van der Waals surface area contributed by atoms with Gasteiger partial charge in [-0.05, 0) is 19.3 Å². The number of ether oxygens (including phenoxy) is 1. The fourth-order valence-corrected chi connectivity index (χ4v) is 1.60. The molecular weight excluding hydrogens is 190 g/mol. The van der Waals surface area contributed by atoms with Crippen LogP contribution in [0.15, 0.2) is 24.5 Å². The van der Waals surface area contributed by atoms with Gasteiger partial charge in [-0.3, -0.25) is 0 Å². The minimum Gasteiger partial charge on any atom is -0.494 e. The van der Waals surface area contributed by atoms with Crippen LogP contribution >= 0.6 is 0 Å². The Morgan fingerprint density at radius 3 is 2.73 bits per heavy atom. The number of hydrogen-bond acceptors (Lipinski definition) is 4. The molecule has 1 aliphatic rings. The van der Waals surface area contributed by atoms with Crippen molar-refractivity contribution in [3.05, 3.63) is 24.5 Å². The van der Waals surface area contributed by atoms with Gasteiger partial charge in [-0.1, -0.05) is 12.2 Å². The van der Waals surface area contributed by atoms with Crippen LogP contribution in [0.3, 0.4) is 0 Å². The highest BCUT2D eigenvalue weighted by molar-refractivity contribution is 5.29. The minimum atomic E-state index is 0.461. The Morgan fingerprint density at radius 1 is 1.33 bits per heavy atom. The van der Waals surface area contributed by atoms with E-state index in [1.165, 1.54) is 0 Å². The first kappa shape index (κ1) is 9.96. The van der Waals surface area contributed by atoms with Crippen LogP contribution in [0, 0.1) is 0 Å². The number of nitrogens with zero attached hydrogens (tertiary/aromatic N) is 2. The smallest absolute Gasteiger partial charge is 0.223 e. The normalized spacial score (nSPS) is 19.9. The fourth-order valence-electron chi connectivity index (χ4n) is 1.60. The molecule has 0 saturated carbocycles. The quantitative estimate of drug-likeness (QED) is 0.767. The van der Waals surface area contributed by atoms with Crippen LogP contribution in [-0.4, -0.2) is 23.1 Å². The third-order valence-corrected chi connectivity index (χ3v) is 2.47. The van der Waals surface area contributed by atoms with Crippen LogP contribution in [0.1, 0.15) is 19.3 Å². The summed E-state index contributed by atoms with van der Waals surface area (Å²) < 4.78 is 5.00. The Kier molecular flexibility index (Phi) is 3.17. The van der Waals surface area contributed by atoms with E-state index in [-0.39, 0.29) is 0 Å². The number of aromatic nitrogens is 2. The first-order chi connectivity index (χ1) is 7.38. The van der Waals surface area contributed by atoms with Gasteiger partial charge in [0, 0.05) is 6.04 Å². The van der Waals surface area contributed by atoms with Gasteiger partial charge in [0.1, 0.15) is 0 Å². The summed E-state index contributed by atoms with van der Waals surface area (Å²) in [5.74, 6) is 1.36. The van der Waals surface area contributed by atoms with Crippen molar-refractivity contribution in [1.82, 2.24) is 9.97 Å². The number of nitrogens with one attached hydrogen (secondary N) is 1. The lowest BCUT2D eigenvalue weighted by molar-refractivity contribution is 0.411. The predicted octanol–water partition coefficient (Wildman–Crippen LogP) is 2.01. The molecule has 0 bridgehead atoms. The molecule has 0 saturated heterocycles. The van der Waals surface area contributed by atoms with Crippen molar-refractivity contribution in [3.8, 4) is 5.75 Å². The maximum absolute atomic E-state index is 5.00. The van der Waals surface area contributed by atoms with Gasteiger partial charge in [0.25, 0.3) is 0 Å². The van der Waals surface area contributed by atoms with E-state index in [0.29, 0.717) is 17.7 Å². The Balaban J connectivity index is 1.95. The van der Waals surface area contributed by atoms with Crippen LogP contribution in [0.4, 0.5) is 5.95 Å². The molecule has 15 heavy (non-hydrogen) atoms. The predicted molar refractivity (Wildman–Crippen MR) is 59.0 cm³/mol. The molecule has 2 rings (SSSR count). The van der Waals surface area contributed by atoms with Crippen LogP contribution in [0.2, 0.25) is 0 Å². The van der Waals surface area contributed by atoms with Crippen LogP contribution in [0.5, 0.6) is 5.75 Å². The number of allylic oxidation sites excluding steroid dienone is 1. The molecule has 0 amide bonds. The summed E-state index contributed by atoms with van der Waals surface area (Å²) in [7, 11) is 1.61. The van der Waals surface area contributed by atoms with Gasteiger partial charge in [-0.15, -0.1) is 0 Å². The Bertz CT molecular complexity index is 334. The molecule has 1 aliphatic carbocycles. The summed E-state index contributed by atoms with van der Waals surface area (Å²) in [6, 6.07) is 0.461. The topological polar surface area (TPSA) is 47.0 Å². The van der Waals surface area contributed by atoms with E-state index in [4.69, 9.17) is 4.74 Å². The van der Waals surface area contributed by atoms with E-state index in [2.05, 4.69) is 27.4 Å². The molecule has 1 atom stereocenters. The Morgan fingerprint density at radius 2 is 2.13 bits per heavy atom. The lowest BCUT2D eigenvalue weighted by Gasteiger charge is -2.18. The lowest BCUT2D eigenvalue weighted by Crippen LogP contribution is -2.21. The largest absolute Gasteiger partial charge is 0.494 e. The van der Waals surface area contributed by atoms with Gasteiger partial charge in [-0.25, -0.2) is 9.97 Å². The highest BCUT2D eigenvalue weighted by atomic mass is 16.5. The molecule has 4 nitrogen and oxygen atoms in total. The highest BCUT2D eigenvalue weighted by Gasteiger charge is 2.10. The molecule has 0 radical (unpaired) electrons. The van der Waals surface area contributed by atoms with E-state index in [9.17, 15) is 0 Å². The van der Waals surface area contributed by atoms with Crippen molar-refractivity contribution >= 4 is 5.95 Å². The molecule has 0 fully saturated rings. The van der Waals surface area contributed by atoms with Crippen molar-refractivity contribution in [2.75, 3.05) is 12.4 Å². The molecule has 1 unspecified atom stereocenters. The average Bonchev–Trinajstić information content (AvgIpc) is 2.31. The minimum absolute atomic E-state index is 0.461. The van der Waals surface area contributed by atoms with Gasteiger partial charge in [0.05, 0.1) is 19.5 Å². The zero-order valence-corrected chi connectivity index (χ0v) is 8.81. The first-order valence-corrected chi connectivity index (χ1v) is 5.16. The highest BCUT2D eigenvalue weighted by Crippen LogP contribution is 2.15. The molecule has 4 heteroatoms. The SMILES string of the molecule is COc1cnc(NC2CC=CCC2)nc1. The standard InChI is InChI=1S/C11H15N3O/c1-15-10-7-12-11(13-8-10)14-9-5-3-2-4-6-9/h2-3,7-9H,4-6H2,1H3,(H,12,13,14). The van der Waals surface area contributed by atoms with E-state index in [1.807, 2.05) is 0 Å². The molecule has 80 valence electrons. The second-order valence-electron chi connectivity index (χ2n) is 3.57. The van der Waals surface area contributed by atoms with Crippen molar-refractivity contribution in [1.29, 1.82) is 0 Å². The molecule has 1 aromatic rings. The summed E-state index contributed by atoms with van der Waals surface area (Å²) in [5, 5.41) is 3.30. The maximum atomic E-state index is 5.00. The van der Waals surface area contributed by atoms with Crippen LogP contribution < -0.4 is 10.1 Å². The number of rotatable bonds is 3. The van der Waals surface area contributed by atoms with E-state index in [0.717, 1.165) is 19.3 Å². The summed E-state index contributed by atoms with van der Waals surface area (Å²) in [5.41, 5.74) is 0. The first-order valence-electron chi connectivity index (χ1n) is 5.16. The molecule has 0 aromatic carbocycles. The fraction of sp³-hybridized carbons (Fsp3) is 0.455. The van der Waals surface area contributed by atoms with Gasteiger partial charge >= 0.3 is 0 Å². The van der Waals surface area contributed by atoms with Gasteiger partial charge in [0.2, 0.25) is 5.95 Å². The van der Waals surface area contributed by atoms with Crippen LogP contribution in [0.25, 0.3) is 0 Å². The summed E-state index contributed by atoms with van der Waals surface area (Å²) in [6.07, 6.45) is 11.1. The number of methoxy groups -OCH3 is 1.